The van der Waals surface area contributed by atoms with Gasteiger partial charge in [0.15, 0.2) is 11.4 Å². The van der Waals surface area contributed by atoms with E-state index in [2.05, 4.69) is 14.7 Å². The van der Waals surface area contributed by atoms with Crippen LogP contribution in [0, 0.1) is 5.82 Å². The number of anilines is 1. The van der Waals surface area contributed by atoms with Crippen molar-refractivity contribution in [2.75, 3.05) is 25.1 Å². The van der Waals surface area contributed by atoms with Gasteiger partial charge in [-0.1, -0.05) is 11.6 Å². The standard InChI is InChI=1S/C17H16ClFN4O3S2/c1-2-26-7-6-23-15(10-14(22-28(23)25)17-20-5-8-27-17)16(24)21-11-3-4-13(19)12(18)9-11/h3-5,8-10H,2,6-7H2,1H3,(H,21,24). The lowest BCUT2D eigenvalue weighted by Gasteiger charge is -2.26. The van der Waals surface area contributed by atoms with Gasteiger partial charge in [-0.2, -0.15) is 4.31 Å². The van der Waals surface area contributed by atoms with Gasteiger partial charge in [-0.15, -0.1) is 11.3 Å². The number of nitrogens with zero attached hydrogens (tertiary/aromatic N) is 3. The average Bonchev–Trinajstić information content (AvgIpc) is 3.20. The van der Waals surface area contributed by atoms with Crippen LogP contribution in [-0.4, -0.2) is 45.2 Å². The predicted molar refractivity (Wildman–Crippen MR) is 108 cm³/mol. The first-order valence-corrected chi connectivity index (χ1v) is 10.6. The third kappa shape index (κ3) is 4.89. The summed E-state index contributed by atoms with van der Waals surface area (Å²) >= 11 is 5.27. The number of ether oxygens (including phenoxy) is 1. The summed E-state index contributed by atoms with van der Waals surface area (Å²) in [6.07, 6.45) is 3.12. The maximum Gasteiger partial charge on any atom is 0.276 e. The molecule has 0 radical (unpaired) electrons. The fourth-order valence-corrected chi connectivity index (χ4v) is 4.11. The third-order valence-corrected chi connectivity index (χ3v) is 5.81. The van der Waals surface area contributed by atoms with Crippen LogP contribution in [0.1, 0.15) is 11.9 Å². The number of thiazole rings is 1. The molecular formula is C17H16ClFN4O3S2. The summed E-state index contributed by atoms with van der Waals surface area (Å²) < 4.78 is 36.8. The smallest absolute Gasteiger partial charge is 0.276 e. The zero-order chi connectivity index (χ0) is 20.1. The van der Waals surface area contributed by atoms with Crippen LogP contribution < -0.4 is 5.32 Å². The van der Waals surface area contributed by atoms with Crippen LogP contribution in [0.4, 0.5) is 10.1 Å². The molecule has 1 aliphatic heterocycles. The Kier molecular flexibility index (Phi) is 7.03. The molecule has 1 unspecified atom stereocenters. The minimum absolute atomic E-state index is 0.114. The molecule has 1 atom stereocenters. The Morgan fingerprint density at radius 2 is 2.32 bits per heavy atom. The van der Waals surface area contributed by atoms with Crippen LogP contribution in [0.25, 0.3) is 0 Å². The molecule has 0 bridgehead atoms. The van der Waals surface area contributed by atoms with E-state index in [1.165, 1.54) is 33.9 Å². The van der Waals surface area contributed by atoms with Crippen molar-refractivity contribution in [2.24, 2.45) is 4.40 Å². The normalized spacial score (nSPS) is 16.6. The summed E-state index contributed by atoms with van der Waals surface area (Å²) in [5, 5.41) is 4.83. The number of hydrogen-bond acceptors (Lipinski definition) is 7. The lowest BCUT2D eigenvalue weighted by atomic mass is 10.2. The average molecular weight is 443 g/mol. The second-order valence-electron chi connectivity index (χ2n) is 5.46. The number of carbonyl (C=O) groups excluding carboxylic acids is 1. The minimum Gasteiger partial charge on any atom is -0.566 e. The van der Waals surface area contributed by atoms with Crippen LogP contribution in [0.3, 0.4) is 0 Å². The molecule has 148 valence electrons. The van der Waals surface area contributed by atoms with E-state index in [0.29, 0.717) is 23.0 Å². The second-order valence-corrected chi connectivity index (χ2v) is 7.84. The number of aromatic nitrogens is 1. The van der Waals surface area contributed by atoms with Gasteiger partial charge in [0.2, 0.25) is 11.5 Å². The van der Waals surface area contributed by atoms with Crippen molar-refractivity contribution in [1.29, 1.82) is 0 Å². The molecule has 11 heteroatoms. The first-order valence-electron chi connectivity index (χ1n) is 8.23. The van der Waals surface area contributed by atoms with E-state index in [0.717, 1.165) is 6.07 Å². The van der Waals surface area contributed by atoms with Gasteiger partial charge in [0.05, 0.1) is 18.2 Å². The third-order valence-electron chi connectivity index (χ3n) is 3.61. The van der Waals surface area contributed by atoms with Gasteiger partial charge in [-0.25, -0.2) is 9.37 Å². The zero-order valence-corrected chi connectivity index (χ0v) is 17.1. The van der Waals surface area contributed by atoms with Crippen molar-refractivity contribution < 1.29 is 18.5 Å². The Morgan fingerprint density at radius 3 is 3.00 bits per heavy atom. The van der Waals surface area contributed by atoms with E-state index in [4.69, 9.17) is 16.3 Å². The Hall–Kier alpha value is -1.98. The highest BCUT2D eigenvalue weighted by atomic mass is 35.5. The summed E-state index contributed by atoms with van der Waals surface area (Å²) in [6.45, 7) is 2.82. The van der Waals surface area contributed by atoms with Gasteiger partial charge in [0.25, 0.3) is 5.91 Å². The molecular weight excluding hydrogens is 427 g/mol. The maximum absolute atomic E-state index is 13.3. The lowest BCUT2D eigenvalue weighted by Crippen LogP contribution is -2.40. The molecule has 7 nitrogen and oxygen atoms in total. The van der Waals surface area contributed by atoms with E-state index in [1.54, 1.807) is 11.6 Å². The molecule has 1 aliphatic rings. The van der Waals surface area contributed by atoms with Crippen LogP contribution in [0.2, 0.25) is 5.02 Å². The SMILES string of the molecule is CCOCCN1C(C(=O)Nc2ccc(F)c(Cl)c2)=CC(c2nccs2)=N[S+]1[O-]. The van der Waals surface area contributed by atoms with Crippen molar-refractivity contribution in [3.05, 3.63) is 57.4 Å². The fourth-order valence-electron chi connectivity index (χ4n) is 2.33. The number of carbonyl (C=O) groups is 1. The molecule has 2 heterocycles. The molecule has 0 fully saturated rings. The first-order chi connectivity index (χ1) is 13.5. The highest BCUT2D eigenvalue weighted by Gasteiger charge is 2.34. The fraction of sp³-hybridized carbons (Fsp3) is 0.235. The number of rotatable bonds is 7. The molecule has 0 spiro atoms. The van der Waals surface area contributed by atoms with Crippen molar-refractivity contribution in [1.82, 2.24) is 9.29 Å². The predicted octanol–water partition coefficient (Wildman–Crippen LogP) is 3.18. The van der Waals surface area contributed by atoms with Crippen LogP contribution >= 0.6 is 22.9 Å². The number of hydrogen-bond donors (Lipinski definition) is 1. The van der Waals surface area contributed by atoms with Crippen molar-refractivity contribution >= 4 is 51.8 Å². The highest BCUT2D eigenvalue weighted by Crippen LogP contribution is 2.24. The van der Waals surface area contributed by atoms with E-state index in [9.17, 15) is 13.7 Å². The molecule has 0 saturated heterocycles. The molecule has 1 N–H and O–H groups in total. The van der Waals surface area contributed by atoms with Gasteiger partial charge in [0.1, 0.15) is 10.8 Å². The first kappa shape index (κ1) is 20.7. The number of allylic oxidation sites excluding steroid dienone is 1. The summed E-state index contributed by atoms with van der Waals surface area (Å²) in [5.41, 5.74) is 0.799. The maximum atomic E-state index is 13.3. The van der Waals surface area contributed by atoms with Crippen LogP contribution in [-0.2, 0) is 21.1 Å². The van der Waals surface area contributed by atoms with Crippen LogP contribution in [0.15, 0.2) is 45.9 Å². The molecule has 3 rings (SSSR count). The number of halogens is 2. The van der Waals surface area contributed by atoms with E-state index < -0.39 is 23.3 Å². The van der Waals surface area contributed by atoms with Crippen molar-refractivity contribution in [3.63, 3.8) is 0 Å². The molecule has 0 saturated carbocycles. The van der Waals surface area contributed by atoms with E-state index >= 15 is 0 Å². The Labute approximate surface area is 173 Å². The van der Waals surface area contributed by atoms with Gasteiger partial charge < -0.3 is 14.6 Å². The largest absolute Gasteiger partial charge is 0.566 e. The molecule has 1 amide bonds. The molecule has 28 heavy (non-hydrogen) atoms. The molecule has 2 aromatic rings. The quantitative estimate of drug-likeness (QED) is 0.525. The second kappa shape index (κ2) is 9.48. The Balaban J connectivity index is 1.87. The number of amides is 1. The van der Waals surface area contributed by atoms with Gasteiger partial charge in [-0.05, 0) is 29.5 Å². The summed E-state index contributed by atoms with van der Waals surface area (Å²) in [5.74, 6) is -1.12. The molecule has 1 aromatic carbocycles. The van der Waals surface area contributed by atoms with E-state index in [1.807, 2.05) is 6.92 Å². The Morgan fingerprint density at radius 1 is 1.50 bits per heavy atom. The molecule has 0 aliphatic carbocycles. The van der Waals surface area contributed by atoms with Crippen molar-refractivity contribution in [2.45, 2.75) is 6.92 Å². The van der Waals surface area contributed by atoms with Gasteiger partial charge in [-0.3, -0.25) is 4.79 Å². The Bertz CT molecular complexity index is 908. The molecule has 1 aromatic heterocycles. The topological polar surface area (TPSA) is 89.9 Å². The monoisotopic (exact) mass is 442 g/mol. The summed E-state index contributed by atoms with van der Waals surface area (Å²) in [7, 11) is 0. The van der Waals surface area contributed by atoms with Crippen molar-refractivity contribution in [3.8, 4) is 0 Å². The van der Waals surface area contributed by atoms with Gasteiger partial charge >= 0.3 is 0 Å². The lowest BCUT2D eigenvalue weighted by molar-refractivity contribution is -0.113. The zero-order valence-electron chi connectivity index (χ0n) is 14.7. The minimum atomic E-state index is -1.82. The van der Waals surface area contributed by atoms with Crippen LogP contribution in [0.5, 0.6) is 0 Å². The number of benzene rings is 1. The number of nitrogens with one attached hydrogen (secondary N) is 1. The highest BCUT2D eigenvalue weighted by molar-refractivity contribution is 7.88. The van der Waals surface area contributed by atoms with E-state index in [-0.39, 0.29) is 23.9 Å². The summed E-state index contributed by atoms with van der Waals surface area (Å²) in [6, 6.07) is 3.84. The summed E-state index contributed by atoms with van der Waals surface area (Å²) in [4.78, 5) is 17.0. The van der Waals surface area contributed by atoms with Gasteiger partial charge in [0, 0.05) is 29.9 Å².